The first-order valence-corrected chi connectivity index (χ1v) is 11.5. The molecular weight excluding hydrogens is 402 g/mol. The fraction of sp³-hybridized carbons (Fsp3) is 0.682. The van der Waals surface area contributed by atoms with Gasteiger partial charge in [0.15, 0.2) is 0 Å². The van der Waals surface area contributed by atoms with Crippen LogP contribution in [0.1, 0.15) is 27.2 Å². The van der Waals surface area contributed by atoms with Crippen molar-refractivity contribution in [1.29, 1.82) is 0 Å². The molecule has 30 heavy (non-hydrogen) atoms. The number of fused-ring (bicyclic) bond motifs is 2. The third kappa shape index (κ3) is 2.87. The van der Waals surface area contributed by atoms with E-state index in [2.05, 4.69) is 6.08 Å². The third-order valence-electron chi connectivity index (χ3n) is 6.97. The normalized spacial score (nSPS) is 38.1. The summed E-state index contributed by atoms with van der Waals surface area (Å²) in [5.74, 6) is -1.38. The highest BCUT2D eigenvalue weighted by molar-refractivity contribution is 8.02. The van der Waals surface area contributed by atoms with Crippen LogP contribution in [-0.2, 0) is 14.4 Å². The molecule has 1 unspecified atom stereocenters. The molecule has 0 saturated carbocycles. The fourth-order valence-corrected chi connectivity index (χ4v) is 7.76. The van der Waals surface area contributed by atoms with Gasteiger partial charge in [0, 0.05) is 44.1 Å². The molecule has 2 fully saturated rings. The number of likely N-dealkylation sites (tertiary alicyclic amines) is 1. The van der Waals surface area contributed by atoms with Gasteiger partial charge in [-0.05, 0) is 27.2 Å². The van der Waals surface area contributed by atoms with E-state index in [0.717, 1.165) is 0 Å². The van der Waals surface area contributed by atoms with E-state index in [4.69, 9.17) is 0 Å². The van der Waals surface area contributed by atoms with E-state index in [1.807, 2.05) is 39.0 Å². The molecule has 5 atom stereocenters. The highest BCUT2D eigenvalue weighted by atomic mass is 32.2. The number of hydrogen-bond donors (Lipinski definition) is 1. The first-order valence-electron chi connectivity index (χ1n) is 10.7. The van der Waals surface area contributed by atoms with E-state index in [9.17, 15) is 19.5 Å². The van der Waals surface area contributed by atoms with Gasteiger partial charge < -0.3 is 19.8 Å². The zero-order valence-corrected chi connectivity index (χ0v) is 18.9. The minimum atomic E-state index is -0.787. The molecule has 7 nitrogen and oxygen atoms in total. The van der Waals surface area contributed by atoms with Crippen LogP contribution in [0.3, 0.4) is 0 Å². The van der Waals surface area contributed by atoms with Gasteiger partial charge >= 0.3 is 0 Å². The van der Waals surface area contributed by atoms with E-state index in [-0.39, 0.29) is 30.4 Å². The lowest BCUT2D eigenvalue weighted by atomic mass is 9.74. The van der Waals surface area contributed by atoms with Gasteiger partial charge in [0.25, 0.3) is 0 Å². The quantitative estimate of drug-likeness (QED) is 0.666. The fourth-order valence-electron chi connectivity index (χ4n) is 5.61. The van der Waals surface area contributed by atoms with Gasteiger partial charge in [-0.2, -0.15) is 0 Å². The van der Waals surface area contributed by atoms with Gasteiger partial charge in [0.1, 0.15) is 6.04 Å². The minimum Gasteiger partial charge on any atom is -0.396 e. The Balaban J connectivity index is 1.87. The molecule has 0 aliphatic carbocycles. The van der Waals surface area contributed by atoms with E-state index >= 15 is 0 Å². The van der Waals surface area contributed by atoms with E-state index < -0.39 is 27.4 Å². The molecule has 4 rings (SSSR count). The van der Waals surface area contributed by atoms with Crippen molar-refractivity contribution in [3.05, 3.63) is 24.3 Å². The number of hydrogen-bond acceptors (Lipinski definition) is 5. The molecule has 0 aromatic carbocycles. The van der Waals surface area contributed by atoms with Gasteiger partial charge in [0.05, 0.1) is 16.6 Å². The van der Waals surface area contributed by atoms with Crippen molar-refractivity contribution in [2.24, 2.45) is 11.8 Å². The number of carbonyl (C=O) groups is 3. The summed E-state index contributed by atoms with van der Waals surface area (Å²) in [5.41, 5.74) is 0. The number of likely N-dealkylation sites (N-methyl/N-ethyl adjacent to an activating group) is 1. The second kappa shape index (κ2) is 7.41. The summed E-state index contributed by atoms with van der Waals surface area (Å²) in [7, 11) is 1.77. The second-order valence-corrected chi connectivity index (χ2v) is 11.0. The zero-order valence-electron chi connectivity index (χ0n) is 18.1. The maximum absolute atomic E-state index is 13.8. The number of aliphatic hydroxyl groups excluding tert-OH is 1. The average Bonchev–Trinajstić information content (AvgIpc) is 2.95. The SMILES string of the molecule is CC(C)N1CC=C[C@]23S[C@@]4(C)C=CCN(C)C(=O)[C@H]4[C@H]2C(=O)N(CCCO)C3C1=O. The van der Waals surface area contributed by atoms with Crippen LogP contribution in [0.25, 0.3) is 0 Å². The molecular formula is C22H31N3O4S. The Labute approximate surface area is 182 Å². The van der Waals surface area contributed by atoms with Crippen LogP contribution >= 0.6 is 11.8 Å². The van der Waals surface area contributed by atoms with E-state index in [1.165, 1.54) is 0 Å². The molecule has 8 heteroatoms. The lowest BCUT2D eigenvalue weighted by molar-refractivity contribution is -0.145. The van der Waals surface area contributed by atoms with Gasteiger partial charge in [-0.1, -0.05) is 24.3 Å². The molecule has 0 radical (unpaired) electrons. The van der Waals surface area contributed by atoms with Crippen LogP contribution in [0.2, 0.25) is 0 Å². The van der Waals surface area contributed by atoms with Gasteiger partial charge in [-0.25, -0.2) is 0 Å². The summed E-state index contributed by atoms with van der Waals surface area (Å²) in [6, 6.07) is -0.658. The van der Waals surface area contributed by atoms with Crippen molar-refractivity contribution < 1.29 is 19.5 Å². The Hall–Kier alpha value is -1.80. The van der Waals surface area contributed by atoms with Gasteiger partial charge in [0.2, 0.25) is 17.7 Å². The summed E-state index contributed by atoms with van der Waals surface area (Å²) < 4.78 is -1.34. The van der Waals surface area contributed by atoms with Crippen LogP contribution in [0.5, 0.6) is 0 Å². The predicted octanol–water partition coefficient (Wildman–Crippen LogP) is 0.891. The first-order chi connectivity index (χ1) is 14.2. The topological polar surface area (TPSA) is 81.2 Å². The summed E-state index contributed by atoms with van der Waals surface area (Å²) in [5, 5.41) is 9.39. The Morgan fingerprint density at radius 1 is 1.10 bits per heavy atom. The molecule has 2 saturated heterocycles. The standard InChI is InChI=1S/C22H31N3O4S/c1-14(2)24-11-6-9-22-16(19(28)25(12-7-13-26)17(22)20(24)29)15-18(27)23(4)10-5-8-21(15,3)30-22/h5-6,8-9,14-17,26H,7,10-13H2,1-4H3/t15-,16+,17?,21+,22+/m1/s1. The summed E-state index contributed by atoms with van der Waals surface area (Å²) in [6.07, 6.45) is 8.49. The summed E-state index contributed by atoms with van der Waals surface area (Å²) in [4.78, 5) is 46.0. The molecule has 4 aliphatic heterocycles. The molecule has 4 heterocycles. The highest BCUT2D eigenvalue weighted by Gasteiger charge is 2.73. The molecule has 0 aromatic rings. The largest absolute Gasteiger partial charge is 0.396 e. The van der Waals surface area contributed by atoms with Crippen molar-refractivity contribution in [3.8, 4) is 0 Å². The second-order valence-electron chi connectivity index (χ2n) is 9.21. The van der Waals surface area contributed by atoms with Gasteiger partial charge in [-0.3, -0.25) is 14.4 Å². The van der Waals surface area contributed by atoms with Crippen molar-refractivity contribution in [3.63, 3.8) is 0 Å². The van der Waals surface area contributed by atoms with Crippen LogP contribution < -0.4 is 0 Å². The minimum absolute atomic E-state index is 0.00581. The Morgan fingerprint density at radius 2 is 1.80 bits per heavy atom. The summed E-state index contributed by atoms with van der Waals surface area (Å²) >= 11 is 1.60. The smallest absolute Gasteiger partial charge is 0.247 e. The molecule has 1 N–H and O–H groups in total. The Bertz CT molecular complexity index is 827. The summed E-state index contributed by atoms with van der Waals surface area (Å²) in [6.45, 7) is 7.25. The monoisotopic (exact) mass is 433 g/mol. The zero-order chi connectivity index (χ0) is 21.8. The number of nitrogens with zero attached hydrogens (tertiary/aromatic N) is 3. The number of carbonyl (C=O) groups excluding carboxylic acids is 3. The lowest BCUT2D eigenvalue weighted by Gasteiger charge is -2.37. The molecule has 1 spiro atoms. The average molecular weight is 434 g/mol. The van der Waals surface area contributed by atoms with E-state index in [1.54, 1.807) is 33.5 Å². The molecule has 3 amide bonds. The van der Waals surface area contributed by atoms with E-state index in [0.29, 0.717) is 26.1 Å². The van der Waals surface area contributed by atoms with Crippen molar-refractivity contribution in [2.45, 2.75) is 48.8 Å². The maximum Gasteiger partial charge on any atom is 0.247 e. The van der Waals surface area contributed by atoms with Crippen molar-refractivity contribution in [2.75, 3.05) is 33.3 Å². The number of rotatable bonds is 4. The van der Waals surface area contributed by atoms with Crippen LogP contribution in [0, 0.1) is 11.8 Å². The predicted molar refractivity (Wildman–Crippen MR) is 116 cm³/mol. The van der Waals surface area contributed by atoms with Gasteiger partial charge in [-0.15, -0.1) is 11.8 Å². The number of aliphatic hydroxyl groups is 1. The molecule has 0 aromatic heterocycles. The van der Waals surface area contributed by atoms with Crippen LogP contribution in [0.15, 0.2) is 24.3 Å². The third-order valence-corrected chi connectivity index (χ3v) is 8.77. The van der Waals surface area contributed by atoms with Crippen molar-refractivity contribution in [1.82, 2.24) is 14.7 Å². The number of thioether (sulfide) groups is 1. The molecule has 0 bridgehead atoms. The highest BCUT2D eigenvalue weighted by Crippen LogP contribution is 2.65. The van der Waals surface area contributed by atoms with Crippen LogP contribution in [0.4, 0.5) is 0 Å². The molecule has 164 valence electrons. The number of amides is 3. The maximum atomic E-state index is 13.8. The van der Waals surface area contributed by atoms with Crippen molar-refractivity contribution >= 4 is 29.5 Å². The molecule has 4 aliphatic rings. The lowest BCUT2D eigenvalue weighted by Crippen LogP contribution is -2.54. The first kappa shape index (κ1) is 21.4. The Morgan fingerprint density at radius 3 is 2.47 bits per heavy atom. The Kier molecular flexibility index (Phi) is 5.29. The van der Waals surface area contributed by atoms with Crippen LogP contribution in [-0.4, -0.2) is 92.4 Å².